The molecule has 28 heavy (non-hydrogen) atoms. The first-order chi connectivity index (χ1) is 13.3. The quantitative estimate of drug-likeness (QED) is 0.761. The van der Waals surface area contributed by atoms with Gasteiger partial charge in [0.2, 0.25) is 0 Å². The molecule has 1 N–H and O–H groups in total. The van der Waals surface area contributed by atoms with E-state index < -0.39 is 9.84 Å². The Balaban J connectivity index is 2.37. The molecule has 0 aliphatic heterocycles. The van der Waals surface area contributed by atoms with Crippen LogP contribution in [-0.2, 0) is 9.84 Å². The first-order valence-electron chi connectivity index (χ1n) is 9.25. The van der Waals surface area contributed by atoms with Gasteiger partial charge in [-0.05, 0) is 44.9 Å². The minimum atomic E-state index is -3.08. The summed E-state index contributed by atoms with van der Waals surface area (Å²) in [5.74, 6) is 0.693. The minimum absolute atomic E-state index is 0.0212. The molecule has 0 atom stereocenters. The predicted octanol–water partition coefficient (Wildman–Crippen LogP) is 3.41. The molecule has 1 aromatic heterocycles. The average molecular weight is 397 g/mol. The molecule has 0 saturated heterocycles. The molecule has 0 aliphatic rings. The predicted molar refractivity (Wildman–Crippen MR) is 120 cm³/mol. The molecule has 0 unspecified atom stereocenters. The number of H-pyrrole nitrogens is 1. The first kappa shape index (κ1) is 21.6. The second-order valence-electron chi connectivity index (χ2n) is 6.66. The van der Waals surface area contributed by atoms with E-state index >= 15 is 0 Å². The van der Waals surface area contributed by atoms with Crippen LogP contribution in [0.4, 0.5) is 0 Å². The van der Waals surface area contributed by atoms with E-state index in [1.54, 1.807) is 6.08 Å². The summed E-state index contributed by atoms with van der Waals surface area (Å²) >= 11 is 0. The van der Waals surface area contributed by atoms with Crippen molar-refractivity contribution in [1.82, 2.24) is 9.97 Å². The van der Waals surface area contributed by atoms with Gasteiger partial charge in [0.1, 0.15) is 5.82 Å². The third-order valence-electron chi connectivity index (χ3n) is 4.35. The Morgan fingerprint density at radius 2 is 1.64 bits per heavy atom. The number of rotatable bonds is 6. The lowest BCUT2D eigenvalue weighted by atomic mass is 10.0. The fraction of sp³-hybridized carbons (Fsp3) is 0.261. The molecule has 2 rings (SSSR count). The molecule has 0 radical (unpaired) electrons. The second kappa shape index (κ2) is 9.51. The summed E-state index contributed by atoms with van der Waals surface area (Å²) in [7, 11) is -3.08. The monoisotopic (exact) mass is 396 g/mol. The fourth-order valence-corrected chi connectivity index (χ4v) is 3.21. The van der Waals surface area contributed by atoms with Crippen molar-refractivity contribution in [3.05, 3.63) is 76.2 Å². The van der Waals surface area contributed by atoms with Crippen molar-refractivity contribution in [2.75, 3.05) is 12.0 Å². The van der Waals surface area contributed by atoms with Gasteiger partial charge in [-0.25, -0.2) is 13.4 Å². The van der Waals surface area contributed by atoms with Crippen molar-refractivity contribution in [2.24, 2.45) is 0 Å². The van der Waals surface area contributed by atoms with Crippen molar-refractivity contribution in [2.45, 2.75) is 27.7 Å². The summed E-state index contributed by atoms with van der Waals surface area (Å²) in [6, 6.07) is 8.42. The van der Waals surface area contributed by atoms with E-state index in [2.05, 4.69) is 53.3 Å². The number of allylic oxidation sites excluding steroid dienone is 6. The molecule has 148 valence electrons. The number of aromatic nitrogens is 2. The van der Waals surface area contributed by atoms with E-state index in [-0.39, 0.29) is 5.75 Å². The highest BCUT2D eigenvalue weighted by atomic mass is 32.2. The molecule has 0 amide bonds. The van der Waals surface area contributed by atoms with Crippen molar-refractivity contribution >= 4 is 33.1 Å². The first-order valence-corrected chi connectivity index (χ1v) is 11.3. The van der Waals surface area contributed by atoms with Gasteiger partial charge >= 0.3 is 0 Å². The van der Waals surface area contributed by atoms with Crippen LogP contribution in [0.5, 0.6) is 0 Å². The number of aromatic amines is 1. The van der Waals surface area contributed by atoms with Crippen molar-refractivity contribution < 1.29 is 8.42 Å². The topological polar surface area (TPSA) is 62.8 Å². The fourth-order valence-electron chi connectivity index (χ4n) is 2.74. The zero-order valence-corrected chi connectivity index (χ0v) is 18.0. The van der Waals surface area contributed by atoms with Gasteiger partial charge in [-0.2, -0.15) is 0 Å². The van der Waals surface area contributed by atoms with Gasteiger partial charge in [0.25, 0.3) is 0 Å². The number of hydrogen-bond acceptors (Lipinski definition) is 3. The molecule has 1 heterocycles. The van der Waals surface area contributed by atoms with E-state index in [0.717, 1.165) is 27.4 Å². The lowest BCUT2D eigenvalue weighted by molar-refractivity contribution is 0.605. The molecular formula is C23H28N2O2S. The number of imidazole rings is 1. The molecule has 0 bridgehead atoms. The Bertz CT molecular complexity index is 1130. The Kier molecular flexibility index (Phi) is 7.35. The number of aryl methyl sites for hydroxylation is 1. The van der Waals surface area contributed by atoms with Crippen LogP contribution < -0.4 is 10.7 Å². The maximum absolute atomic E-state index is 11.5. The highest BCUT2D eigenvalue weighted by Crippen LogP contribution is 2.19. The molecule has 0 saturated carbocycles. The second-order valence-corrected chi connectivity index (χ2v) is 8.84. The van der Waals surface area contributed by atoms with Crippen molar-refractivity contribution in [3.63, 3.8) is 0 Å². The lowest BCUT2D eigenvalue weighted by Gasteiger charge is -2.03. The minimum Gasteiger partial charge on any atom is -0.338 e. The van der Waals surface area contributed by atoms with Crippen molar-refractivity contribution in [1.29, 1.82) is 0 Å². The van der Waals surface area contributed by atoms with Gasteiger partial charge in [-0.1, -0.05) is 60.2 Å². The zero-order valence-electron chi connectivity index (χ0n) is 17.2. The molecule has 5 heteroatoms. The summed E-state index contributed by atoms with van der Waals surface area (Å²) in [5.41, 5.74) is 4.45. The van der Waals surface area contributed by atoms with Gasteiger partial charge in [0.15, 0.2) is 9.84 Å². The van der Waals surface area contributed by atoms with Crippen LogP contribution in [0, 0.1) is 6.92 Å². The van der Waals surface area contributed by atoms with E-state index in [1.165, 1.54) is 11.8 Å². The van der Waals surface area contributed by atoms with Crippen LogP contribution in [0.3, 0.4) is 0 Å². The Morgan fingerprint density at radius 3 is 2.18 bits per heavy atom. The van der Waals surface area contributed by atoms with E-state index in [0.29, 0.717) is 5.82 Å². The number of sulfone groups is 1. The smallest absolute Gasteiger partial charge is 0.151 e. The van der Waals surface area contributed by atoms with Crippen LogP contribution in [-0.4, -0.2) is 30.4 Å². The van der Waals surface area contributed by atoms with E-state index in [1.807, 2.05) is 39.0 Å². The van der Waals surface area contributed by atoms with Crippen molar-refractivity contribution in [3.8, 4) is 0 Å². The number of hydrogen-bond donors (Lipinski definition) is 1. The summed E-state index contributed by atoms with van der Waals surface area (Å²) in [6.45, 7) is 7.94. The van der Waals surface area contributed by atoms with Gasteiger partial charge in [0.05, 0.1) is 16.5 Å². The number of nitrogens with one attached hydrogen (secondary N) is 1. The van der Waals surface area contributed by atoms with Gasteiger partial charge < -0.3 is 4.98 Å². The molecule has 2 aromatic rings. The highest BCUT2D eigenvalue weighted by molar-refractivity contribution is 7.91. The molecular weight excluding hydrogens is 368 g/mol. The molecule has 1 aromatic carbocycles. The van der Waals surface area contributed by atoms with E-state index in [4.69, 9.17) is 0 Å². The van der Waals surface area contributed by atoms with Crippen LogP contribution >= 0.6 is 0 Å². The molecule has 0 spiro atoms. The molecule has 0 aliphatic carbocycles. The summed E-state index contributed by atoms with van der Waals surface area (Å²) in [6.07, 6.45) is 12.9. The van der Waals surface area contributed by atoms with Gasteiger partial charge in [0, 0.05) is 11.8 Å². The van der Waals surface area contributed by atoms with Crippen LogP contribution in [0.15, 0.2) is 48.6 Å². The largest absolute Gasteiger partial charge is 0.338 e. The normalized spacial score (nSPS) is 15.0. The summed E-state index contributed by atoms with van der Waals surface area (Å²) < 4.78 is 22.9. The van der Waals surface area contributed by atoms with Crippen LogP contribution in [0.2, 0.25) is 0 Å². The van der Waals surface area contributed by atoms with Crippen LogP contribution in [0.1, 0.15) is 37.7 Å². The Labute approximate surface area is 167 Å². The summed E-state index contributed by atoms with van der Waals surface area (Å²) in [4.78, 5) is 7.86. The third kappa shape index (κ3) is 5.92. The molecule has 4 nitrogen and oxygen atoms in total. The van der Waals surface area contributed by atoms with Gasteiger partial charge in [-0.3, -0.25) is 0 Å². The third-order valence-corrected chi connectivity index (χ3v) is 5.12. The maximum atomic E-state index is 11.5. The zero-order chi connectivity index (χ0) is 20.7. The van der Waals surface area contributed by atoms with E-state index in [9.17, 15) is 8.42 Å². The molecule has 0 fully saturated rings. The Morgan fingerprint density at radius 1 is 1.04 bits per heavy atom. The SMILES string of the molecule is C\C=C(/C=C\C(=C/C)c1nc(=C/C)/c(=C\CS(C)(=O)=O)[nH]1)c1ccc(C)cc1. The number of nitrogens with zero attached hydrogens (tertiary/aromatic N) is 1. The van der Waals surface area contributed by atoms with Crippen LogP contribution in [0.25, 0.3) is 23.3 Å². The Hall–Kier alpha value is -2.66. The average Bonchev–Trinajstić information content (AvgIpc) is 3.07. The highest BCUT2D eigenvalue weighted by Gasteiger charge is 2.05. The standard InChI is InChI=1S/C23H28N2O2S/c1-6-18(20-11-9-17(4)10-12-20)13-14-19(7-2)23-24-21(8-3)22(25-23)15-16-28(5,26)27/h6-15H,16H2,1-5H3,(H,24,25)/b14-13-,18-6+,19-7+,21-8+,22-15+. The number of benzene rings is 1. The lowest BCUT2D eigenvalue weighted by Crippen LogP contribution is -2.25. The van der Waals surface area contributed by atoms with Gasteiger partial charge in [-0.15, -0.1) is 0 Å². The maximum Gasteiger partial charge on any atom is 0.151 e. The summed E-state index contributed by atoms with van der Waals surface area (Å²) in [5, 5.41) is 1.47.